The quantitative estimate of drug-likeness (QED) is 0.436. The van der Waals surface area contributed by atoms with Crippen LogP contribution in [0, 0.1) is 0 Å². The van der Waals surface area contributed by atoms with E-state index in [0.29, 0.717) is 20.0 Å². The molecule has 0 saturated carbocycles. The maximum absolute atomic E-state index is 13.4. The van der Waals surface area contributed by atoms with Gasteiger partial charge in [0.2, 0.25) is 0 Å². The zero-order valence-corrected chi connectivity index (χ0v) is 12.0. The zero-order valence-electron chi connectivity index (χ0n) is 11.1. The average molecular weight is 377 g/mol. The molecule has 0 aromatic rings. The van der Waals surface area contributed by atoms with Gasteiger partial charge in [0.05, 0.1) is 27.3 Å². The van der Waals surface area contributed by atoms with Gasteiger partial charge in [0.15, 0.2) is 0 Å². The third-order valence-electron chi connectivity index (χ3n) is 2.70. The Labute approximate surface area is 117 Å². The van der Waals surface area contributed by atoms with E-state index in [1.54, 1.807) is 0 Å². The van der Waals surface area contributed by atoms with Gasteiger partial charge in [-0.25, -0.2) is 8.78 Å². The predicted octanol–water partition coefficient (Wildman–Crippen LogP) is 5.29. The largest absolute Gasteiger partial charge is 0.421 e. The van der Waals surface area contributed by atoms with Crippen LogP contribution in [0.25, 0.3) is 0 Å². The Morgan fingerprint density at radius 3 is 1.14 bits per heavy atom. The Kier molecular flexibility index (Phi) is 5.21. The molecule has 0 amide bonds. The molecule has 0 aliphatic heterocycles. The van der Waals surface area contributed by atoms with Gasteiger partial charge in [0, 0.05) is 0 Å². The lowest BCUT2D eigenvalue weighted by Crippen LogP contribution is -2.68. The molecule has 0 aromatic heterocycles. The van der Waals surface area contributed by atoms with Crippen LogP contribution in [0.15, 0.2) is 0 Å². The summed E-state index contributed by atoms with van der Waals surface area (Å²) in [4.78, 5) is 0. The molecule has 0 bridgehead atoms. The molecule has 134 valence electrons. The lowest BCUT2D eigenvalue weighted by atomic mass is 9.99. The summed E-state index contributed by atoms with van der Waals surface area (Å²) in [6.07, 6.45) is -5.47. The fourth-order valence-corrected chi connectivity index (χ4v) is 2.14. The third kappa shape index (κ3) is 2.65. The predicted molar refractivity (Wildman–Crippen MR) is 55.4 cm³/mol. The van der Waals surface area contributed by atoms with Crippen LogP contribution in [-0.4, -0.2) is 55.8 Å². The highest BCUT2D eigenvalue weighted by Gasteiger charge is 2.91. The molecule has 0 aliphatic carbocycles. The van der Waals surface area contributed by atoms with Crippen molar-refractivity contribution in [1.29, 1.82) is 0 Å². The van der Waals surface area contributed by atoms with Crippen LogP contribution in [0.5, 0.6) is 0 Å². The van der Waals surface area contributed by atoms with Crippen LogP contribution in [-0.2, 0) is 0 Å². The molecule has 22 heavy (non-hydrogen) atoms. The Morgan fingerprint density at radius 2 is 0.909 bits per heavy atom. The number of hydrogen-bond donors (Lipinski definition) is 0. The van der Waals surface area contributed by atoms with E-state index in [4.69, 9.17) is 0 Å². The van der Waals surface area contributed by atoms with Crippen LogP contribution in [0.1, 0.15) is 0 Å². The van der Waals surface area contributed by atoms with Gasteiger partial charge >= 0.3 is 35.8 Å². The Balaban J connectivity index is 6.24. The van der Waals surface area contributed by atoms with Crippen molar-refractivity contribution in [1.82, 2.24) is 0 Å². The van der Waals surface area contributed by atoms with Crippen LogP contribution in [0.4, 0.5) is 52.7 Å². The van der Waals surface area contributed by atoms with Crippen molar-refractivity contribution in [2.45, 2.75) is 35.8 Å². The molecular weight excluding hydrogens is 367 g/mol. The van der Waals surface area contributed by atoms with Crippen molar-refractivity contribution in [3.63, 3.8) is 0 Å². The van der Waals surface area contributed by atoms with Gasteiger partial charge in [-0.2, -0.15) is 43.9 Å². The molecule has 0 atom stereocenters. The second-order valence-corrected chi connectivity index (χ2v) is 9.79. The fourth-order valence-electron chi connectivity index (χ4n) is 1.15. The summed E-state index contributed by atoms with van der Waals surface area (Å²) < 4.78 is 154. The van der Waals surface area contributed by atoms with Crippen LogP contribution >= 0.6 is 7.26 Å². The minimum atomic E-state index is -7.42. The third-order valence-corrected chi connectivity index (χ3v) is 4.67. The summed E-state index contributed by atoms with van der Waals surface area (Å²) in [5, 5.41) is 0. The average Bonchev–Trinajstić information content (AvgIpc) is 2.25. The molecule has 0 fully saturated rings. The fraction of sp³-hybridized carbons (Fsp3) is 1.00. The Morgan fingerprint density at radius 1 is 0.591 bits per heavy atom. The molecule has 0 saturated heterocycles. The highest BCUT2D eigenvalue weighted by atomic mass is 31.2. The highest BCUT2D eigenvalue weighted by Crippen LogP contribution is 2.71. The molecule has 0 nitrogen and oxygen atoms in total. The molecule has 0 heterocycles. The number of halogens is 12. The molecule has 0 aliphatic rings. The second-order valence-electron chi connectivity index (χ2n) is 5.20. The van der Waals surface area contributed by atoms with Crippen LogP contribution in [0.3, 0.4) is 0 Å². The molecule has 0 unspecified atom stereocenters. The molecule has 0 spiro atoms. The Bertz CT molecular complexity index is 407. The standard InChI is InChI=1S/C9H10F12P/c1-22(2,3)9(20,21)8(18,19)7(16,17)6(14,15)5(12,13)4(10)11/h4H,1-3H3/q+1. The molecular formula is C9H10F12P+. The van der Waals surface area contributed by atoms with E-state index < -0.39 is 43.0 Å². The van der Waals surface area contributed by atoms with E-state index >= 15 is 0 Å². The summed E-state index contributed by atoms with van der Waals surface area (Å²) >= 11 is 0. The zero-order chi connectivity index (χ0) is 18.6. The first-order valence-electron chi connectivity index (χ1n) is 5.18. The van der Waals surface area contributed by atoms with E-state index in [2.05, 4.69) is 0 Å². The molecule has 0 aromatic carbocycles. The van der Waals surface area contributed by atoms with Crippen molar-refractivity contribution in [2.24, 2.45) is 0 Å². The first-order valence-corrected chi connectivity index (χ1v) is 8.31. The van der Waals surface area contributed by atoms with E-state index in [-0.39, 0.29) is 0 Å². The van der Waals surface area contributed by atoms with Crippen molar-refractivity contribution in [2.75, 3.05) is 20.0 Å². The maximum Gasteiger partial charge on any atom is 0.421 e. The lowest BCUT2D eigenvalue weighted by Gasteiger charge is -2.40. The number of alkyl halides is 12. The van der Waals surface area contributed by atoms with Crippen molar-refractivity contribution in [3.05, 3.63) is 0 Å². The highest BCUT2D eigenvalue weighted by molar-refractivity contribution is 7.74. The number of hydrogen-bond acceptors (Lipinski definition) is 0. The van der Waals surface area contributed by atoms with Crippen molar-refractivity contribution < 1.29 is 52.7 Å². The normalized spacial score (nSPS) is 16.4. The lowest BCUT2D eigenvalue weighted by molar-refractivity contribution is -0.402. The second kappa shape index (κ2) is 5.31. The molecule has 0 radical (unpaired) electrons. The summed E-state index contributed by atoms with van der Waals surface area (Å²) in [5.41, 5.74) is -5.80. The smallest absolute Gasteiger partial charge is 0.203 e. The molecule has 0 rings (SSSR count). The molecule has 13 heteroatoms. The van der Waals surface area contributed by atoms with Gasteiger partial charge in [-0.3, -0.25) is 0 Å². The SMILES string of the molecule is C[P+](C)(C)C(F)(F)C(F)(F)C(F)(F)C(F)(F)C(F)(F)C(F)F. The minimum Gasteiger partial charge on any atom is -0.203 e. The summed E-state index contributed by atoms with van der Waals surface area (Å²) in [6, 6.07) is 0. The Hall–Kier alpha value is -0.410. The van der Waals surface area contributed by atoms with Gasteiger partial charge < -0.3 is 0 Å². The number of rotatable bonds is 6. The van der Waals surface area contributed by atoms with Gasteiger partial charge in [-0.15, -0.1) is 0 Å². The van der Waals surface area contributed by atoms with Crippen LogP contribution in [0.2, 0.25) is 0 Å². The van der Waals surface area contributed by atoms with Gasteiger partial charge in [0.1, 0.15) is 0 Å². The van der Waals surface area contributed by atoms with Crippen molar-refractivity contribution in [3.8, 4) is 0 Å². The van der Waals surface area contributed by atoms with E-state index in [0.717, 1.165) is 0 Å². The van der Waals surface area contributed by atoms with E-state index in [1.807, 2.05) is 0 Å². The van der Waals surface area contributed by atoms with Gasteiger partial charge in [0.25, 0.3) is 0 Å². The first kappa shape index (κ1) is 21.6. The van der Waals surface area contributed by atoms with Crippen LogP contribution < -0.4 is 0 Å². The first-order chi connectivity index (χ1) is 9.19. The topological polar surface area (TPSA) is 0 Å². The summed E-state index contributed by atoms with van der Waals surface area (Å²) in [7, 11) is -4.31. The monoisotopic (exact) mass is 377 g/mol. The minimum absolute atomic E-state index is 0.361. The van der Waals surface area contributed by atoms with Crippen molar-refractivity contribution >= 4 is 7.26 Å². The summed E-state index contributed by atoms with van der Waals surface area (Å²) in [5.74, 6) is -28.7. The molecule has 0 N–H and O–H groups in total. The maximum atomic E-state index is 13.4. The van der Waals surface area contributed by atoms with E-state index in [1.165, 1.54) is 0 Å². The summed E-state index contributed by atoms with van der Waals surface area (Å²) in [6.45, 7) is 1.08. The van der Waals surface area contributed by atoms with E-state index in [9.17, 15) is 52.7 Å². The van der Waals surface area contributed by atoms with Gasteiger partial charge in [-0.05, 0) is 0 Å². The van der Waals surface area contributed by atoms with Gasteiger partial charge in [-0.1, -0.05) is 0 Å².